The molecule has 0 saturated carbocycles. The predicted octanol–water partition coefficient (Wildman–Crippen LogP) is 1.83. The van der Waals surface area contributed by atoms with Crippen molar-refractivity contribution in [3.8, 4) is 0 Å². The lowest BCUT2D eigenvalue weighted by Crippen LogP contribution is -2.42. The zero-order valence-corrected chi connectivity index (χ0v) is 20.4. The van der Waals surface area contributed by atoms with E-state index in [4.69, 9.17) is 0 Å². The topological polar surface area (TPSA) is 111 Å². The van der Waals surface area contributed by atoms with Gasteiger partial charge in [-0.3, -0.25) is 14.5 Å². The molecule has 9 heteroatoms. The maximum atomic E-state index is 12.6. The van der Waals surface area contributed by atoms with Crippen LogP contribution in [0.4, 0.5) is 5.82 Å². The Morgan fingerprint density at radius 3 is 2.69 bits per heavy atom. The third kappa shape index (κ3) is 6.99. The SMILES string of the molecule is CCCC(=O)N1CCC(Nc2cc(C(=O)NCC(O)CN3CCc4ccccc4C3)ncn2)CC1. The minimum atomic E-state index is -0.663. The summed E-state index contributed by atoms with van der Waals surface area (Å²) >= 11 is 0. The second-order valence-electron chi connectivity index (χ2n) is 9.46. The van der Waals surface area contributed by atoms with E-state index in [1.807, 2.05) is 17.9 Å². The van der Waals surface area contributed by atoms with Crippen molar-refractivity contribution in [1.82, 2.24) is 25.1 Å². The van der Waals surface area contributed by atoms with E-state index in [0.717, 1.165) is 51.9 Å². The number of likely N-dealkylation sites (tertiary alicyclic amines) is 1. The minimum absolute atomic E-state index is 0.161. The Labute approximate surface area is 206 Å². The molecule has 1 fully saturated rings. The van der Waals surface area contributed by atoms with Crippen LogP contribution in [-0.4, -0.2) is 81.6 Å². The standard InChI is InChI=1S/C26H36N6O3/c1-2-5-25(34)32-12-9-21(10-13-32)30-24-14-23(28-18-29-24)26(35)27-15-22(33)17-31-11-8-19-6-3-4-7-20(19)16-31/h3-4,6-7,14,18,21-22,33H,2,5,8-13,15-17H2,1H3,(H,27,35)(H,28,29,30). The maximum absolute atomic E-state index is 12.6. The van der Waals surface area contributed by atoms with Gasteiger partial charge in [0.15, 0.2) is 0 Å². The van der Waals surface area contributed by atoms with Gasteiger partial charge in [-0.2, -0.15) is 0 Å². The van der Waals surface area contributed by atoms with Crippen molar-refractivity contribution in [3.63, 3.8) is 0 Å². The van der Waals surface area contributed by atoms with Crippen molar-refractivity contribution >= 4 is 17.6 Å². The number of β-amino-alcohol motifs (C(OH)–C–C–N with tert-alkyl or cyclic N) is 1. The van der Waals surface area contributed by atoms with E-state index in [-0.39, 0.29) is 30.1 Å². The zero-order chi connectivity index (χ0) is 24.6. The number of aromatic nitrogens is 2. The van der Waals surface area contributed by atoms with Gasteiger partial charge in [-0.1, -0.05) is 31.2 Å². The molecule has 1 aromatic carbocycles. The van der Waals surface area contributed by atoms with Crippen molar-refractivity contribution in [2.75, 3.05) is 38.0 Å². The highest BCUT2D eigenvalue weighted by Gasteiger charge is 2.23. The first-order valence-corrected chi connectivity index (χ1v) is 12.6. The van der Waals surface area contributed by atoms with Crippen molar-refractivity contribution in [2.24, 2.45) is 0 Å². The van der Waals surface area contributed by atoms with Crippen LogP contribution in [0.5, 0.6) is 0 Å². The number of nitrogens with one attached hydrogen (secondary N) is 2. The van der Waals surface area contributed by atoms with Crippen LogP contribution in [0.1, 0.15) is 54.2 Å². The Balaban J connectivity index is 1.21. The lowest BCUT2D eigenvalue weighted by molar-refractivity contribution is -0.132. The molecule has 2 aliphatic heterocycles. The van der Waals surface area contributed by atoms with Crippen LogP contribution in [0.3, 0.4) is 0 Å². The van der Waals surface area contributed by atoms with Crippen molar-refractivity contribution in [1.29, 1.82) is 0 Å². The molecule has 3 N–H and O–H groups in total. The Morgan fingerprint density at radius 1 is 1.14 bits per heavy atom. The average Bonchev–Trinajstić information content (AvgIpc) is 2.88. The van der Waals surface area contributed by atoms with Crippen LogP contribution in [0.15, 0.2) is 36.7 Å². The molecular weight excluding hydrogens is 444 g/mol. The summed E-state index contributed by atoms with van der Waals surface area (Å²) in [6.07, 6.45) is 4.83. The summed E-state index contributed by atoms with van der Waals surface area (Å²) in [6, 6.07) is 10.2. The number of carbonyl (C=O) groups is 2. The first-order chi connectivity index (χ1) is 17.0. The van der Waals surface area contributed by atoms with Crippen molar-refractivity contribution in [3.05, 3.63) is 53.5 Å². The molecule has 1 aromatic heterocycles. The molecule has 0 radical (unpaired) electrons. The molecule has 35 heavy (non-hydrogen) atoms. The third-order valence-corrected chi connectivity index (χ3v) is 6.74. The van der Waals surface area contributed by atoms with Crippen LogP contribution in [0.2, 0.25) is 0 Å². The van der Waals surface area contributed by atoms with Crippen LogP contribution >= 0.6 is 0 Å². The van der Waals surface area contributed by atoms with E-state index in [1.54, 1.807) is 6.07 Å². The summed E-state index contributed by atoms with van der Waals surface area (Å²) < 4.78 is 0. The van der Waals surface area contributed by atoms with E-state index < -0.39 is 6.10 Å². The van der Waals surface area contributed by atoms with Gasteiger partial charge in [0.25, 0.3) is 5.91 Å². The van der Waals surface area contributed by atoms with Crippen LogP contribution in [0, 0.1) is 0 Å². The average molecular weight is 481 g/mol. The summed E-state index contributed by atoms with van der Waals surface area (Å²) in [4.78, 5) is 37.2. The Kier molecular flexibility index (Phi) is 8.65. The Hall–Kier alpha value is -3.04. The fourth-order valence-corrected chi connectivity index (χ4v) is 4.79. The molecule has 9 nitrogen and oxygen atoms in total. The smallest absolute Gasteiger partial charge is 0.270 e. The van der Waals surface area contributed by atoms with E-state index in [1.165, 1.54) is 17.5 Å². The van der Waals surface area contributed by atoms with E-state index in [9.17, 15) is 14.7 Å². The highest BCUT2D eigenvalue weighted by molar-refractivity contribution is 5.92. The van der Waals surface area contributed by atoms with Gasteiger partial charge in [0, 0.05) is 57.8 Å². The van der Waals surface area contributed by atoms with E-state index in [2.05, 4.69) is 43.7 Å². The quantitative estimate of drug-likeness (QED) is 0.502. The van der Waals surface area contributed by atoms with E-state index in [0.29, 0.717) is 18.8 Å². The molecule has 2 aliphatic rings. The number of fused-ring (bicyclic) bond motifs is 1. The number of benzene rings is 1. The third-order valence-electron chi connectivity index (χ3n) is 6.74. The second-order valence-corrected chi connectivity index (χ2v) is 9.46. The van der Waals surface area contributed by atoms with Gasteiger partial charge in [0.2, 0.25) is 5.91 Å². The first-order valence-electron chi connectivity index (χ1n) is 12.6. The first kappa shape index (κ1) is 25.1. The molecule has 0 spiro atoms. The molecule has 0 aliphatic carbocycles. The van der Waals surface area contributed by atoms with Crippen LogP contribution < -0.4 is 10.6 Å². The van der Waals surface area contributed by atoms with Crippen molar-refractivity contribution in [2.45, 2.75) is 57.7 Å². The number of carbonyl (C=O) groups excluding carboxylic acids is 2. The number of rotatable bonds is 9. The monoisotopic (exact) mass is 480 g/mol. The fourth-order valence-electron chi connectivity index (χ4n) is 4.79. The summed E-state index contributed by atoms with van der Waals surface area (Å²) in [7, 11) is 0. The highest BCUT2D eigenvalue weighted by atomic mass is 16.3. The molecule has 3 heterocycles. The molecule has 1 saturated heterocycles. The lowest BCUT2D eigenvalue weighted by Gasteiger charge is -2.32. The number of aliphatic hydroxyl groups excluding tert-OH is 1. The van der Waals surface area contributed by atoms with Gasteiger partial charge < -0.3 is 20.6 Å². The fraction of sp³-hybridized carbons (Fsp3) is 0.538. The lowest BCUT2D eigenvalue weighted by atomic mass is 10.00. The number of amides is 2. The molecule has 4 rings (SSSR count). The van der Waals surface area contributed by atoms with Gasteiger partial charge >= 0.3 is 0 Å². The summed E-state index contributed by atoms with van der Waals surface area (Å²) in [6.45, 7) is 5.86. The summed E-state index contributed by atoms with van der Waals surface area (Å²) in [5.74, 6) is 0.480. The highest BCUT2D eigenvalue weighted by Crippen LogP contribution is 2.19. The maximum Gasteiger partial charge on any atom is 0.270 e. The Morgan fingerprint density at radius 2 is 1.91 bits per heavy atom. The van der Waals surface area contributed by atoms with E-state index >= 15 is 0 Å². The number of hydrogen-bond donors (Lipinski definition) is 3. The van der Waals surface area contributed by atoms with Gasteiger partial charge in [0.05, 0.1) is 6.10 Å². The number of piperidine rings is 1. The van der Waals surface area contributed by atoms with Gasteiger partial charge in [-0.25, -0.2) is 9.97 Å². The van der Waals surface area contributed by atoms with Crippen LogP contribution in [0.25, 0.3) is 0 Å². The Bertz CT molecular complexity index is 1010. The number of nitrogens with zero attached hydrogens (tertiary/aromatic N) is 4. The molecular formula is C26H36N6O3. The molecule has 2 aromatic rings. The number of aliphatic hydroxyl groups is 1. The summed E-state index contributed by atoms with van der Waals surface area (Å²) in [5, 5.41) is 16.6. The molecule has 1 unspecified atom stereocenters. The largest absolute Gasteiger partial charge is 0.390 e. The minimum Gasteiger partial charge on any atom is -0.390 e. The summed E-state index contributed by atoms with van der Waals surface area (Å²) in [5.41, 5.74) is 2.93. The van der Waals surface area contributed by atoms with Crippen LogP contribution in [-0.2, 0) is 17.8 Å². The zero-order valence-electron chi connectivity index (χ0n) is 20.4. The molecule has 2 amide bonds. The van der Waals surface area contributed by atoms with Gasteiger partial charge in [0.1, 0.15) is 17.8 Å². The molecule has 0 bridgehead atoms. The van der Waals surface area contributed by atoms with Crippen molar-refractivity contribution < 1.29 is 14.7 Å². The normalized spacial score (nSPS) is 17.5. The second kappa shape index (κ2) is 12.1. The molecule has 1 atom stereocenters. The van der Waals surface area contributed by atoms with Gasteiger partial charge in [-0.05, 0) is 36.8 Å². The number of anilines is 1. The number of hydrogen-bond acceptors (Lipinski definition) is 7. The molecule has 188 valence electrons. The predicted molar refractivity (Wildman–Crippen MR) is 134 cm³/mol. The van der Waals surface area contributed by atoms with Gasteiger partial charge in [-0.15, -0.1) is 0 Å².